The molecule has 0 aromatic heterocycles. The number of rotatable bonds is 4. The van der Waals surface area contributed by atoms with Gasteiger partial charge in [-0.15, -0.1) is 0 Å². The van der Waals surface area contributed by atoms with Crippen molar-refractivity contribution in [3.8, 4) is 0 Å². The highest BCUT2D eigenvalue weighted by Crippen LogP contribution is 2.58. The molecule has 16 heavy (non-hydrogen) atoms. The lowest BCUT2D eigenvalue weighted by molar-refractivity contribution is -0.124. The van der Waals surface area contributed by atoms with Gasteiger partial charge in [-0.3, -0.25) is 4.79 Å². The number of carbonyl (C=O) groups is 1. The second kappa shape index (κ2) is 3.62. The maximum atomic E-state index is 11.7. The van der Waals surface area contributed by atoms with E-state index in [0.29, 0.717) is 11.8 Å². The molecule has 1 N–H and O–H groups in total. The SMILES string of the molecule is O=C1NCC2CC12CCCc1ccccc1. The Morgan fingerprint density at radius 1 is 1.31 bits per heavy atom. The van der Waals surface area contributed by atoms with Gasteiger partial charge in [0.25, 0.3) is 0 Å². The first-order chi connectivity index (χ1) is 7.81. The molecule has 0 radical (unpaired) electrons. The minimum atomic E-state index is 0.0504. The van der Waals surface area contributed by atoms with E-state index in [1.807, 2.05) is 6.07 Å². The van der Waals surface area contributed by atoms with Gasteiger partial charge >= 0.3 is 0 Å². The Balaban J connectivity index is 1.53. The summed E-state index contributed by atoms with van der Waals surface area (Å²) in [5, 5.41) is 2.97. The van der Waals surface area contributed by atoms with Gasteiger partial charge in [0.1, 0.15) is 0 Å². The fourth-order valence-electron chi connectivity index (χ4n) is 2.99. The number of nitrogens with one attached hydrogen (secondary N) is 1. The molecule has 1 aliphatic carbocycles. The van der Waals surface area contributed by atoms with Crippen LogP contribution < -0.4 is 5.32 Å². The molecule has 2 aliphatic rings. The van der Waals surface area contributed by atoms with E-state index in [2.05, 4.69) is 29.6 Å². The Hall–Kier alpha value is -1.31. The summed E-state index contributed by atoms with van der Waals surface area (Å²) in [4.78, 5) is 11.7. The lowest BCUT2D eigenvalue weighted by Gasteiger charge is -2.09. The zero-order valence-electron chi connectivity index (χ0n) is 9.41. The van der Waals surface area contributed by atoms with Crippen LogP contribution in [0.5, 0.6) is 0 Å². The lowest BCUT2D eigenvalue weighted by atomic mass is 9.95. The number of carbonyl (C=O) groups excluding carboxylic acids is 1. The summed E-state index contributed by atoms with van der Waals surface area (Å²) in [7, 11) is 0. The van der Waals surface area contributed by atoms with Crippen LogP contribution >= 0.6 is 0 Å². The number of hydrogen-bond donors (Lipinski definition) is 1. The number of aryl methyl sites for hydroxylation is 1. The molecule has 1 aliphatic heterocycles. The maximum absolute atomic E-state index is 11.7. The molecule has 1 aromatic carbocycles. The van der Waals surface area contributed by atoms with Crippen molar-refractivity contribution >= 4 is 5.91 Å². The number of fused-ring (bicyclic) bond motifs is 1. The van der Waals surface area contributed by atoms with Crippen LogP contribution in [0.4, 0.5) is 0 Å². The largest absolute Gasteiger partial charge is 0.355 e. The number of hydrogen-bond acceptors (Lipinski definition) is 1. The first kappa shape index (κ1) is 9.88. The molecule has 3 rings (SSSR count). The minimum Gasteiger partial charge on any atom is -0.355 e. The molecule has 2 unspecified atom stereocenters. The molecule has 2 heteroatoms. The van der Waals surface area contributed by atoms with E-state index in [0.717, 1.165) is 32.2 Å². The average molecular weight is 215 g/mol. The third-order valence-corrected chi connectivity index (χ3v) is 4.12. The average Bonchev–Trinajstić information content (AvgIpc) is 2.95. The van der Waals surface area contributed by atoms with Crippen molar-refractivity contribution in [2.45, 2.75) is 25.7 Å². The topological polar surface area (TPSA) is 29.1 Å². The Morgan fingerprint density at radius 2 is 2.12 bits per heavy atom. The summed E-state index contributed by atoms with van der Waals surface area (Å²) in [6.45, 7) is 0.921. The molecule has 2 fully saturated rings. The van der Waals surface area contributed by atoms with Crippen LogP contribution in [0.15, 0.2) is 30.3 Å². The van der Waals surface area contributed by atoms with Crippen molar-refractivity contribution in [3.05, 3.63) is 35.9 Å². The van der Waals surface area contributed by atoms with Crippen LogP contribution in [0, 0.1) is 11.3 Å². The molecule has 1 heterocycles. The Kier molecular flexibility index (Phi) is 2.23. The fraction of sp³-hybridized carbons (Fsp3) is 0.500. The first-order valence-corrected chi connectivity index (χ1v) is 6.13. The quantitative estimate of drug-likeness (QED) is 0.819. The van der Waals surface area contributed by atoms with Crippen LogP contribution in [0.2, 0.25) is 0 Å². The van der Waals surface area contributed by atoms with Gasteiger partial charge in [-0.25, -0.2) is 0 Å². The predicted molar refractivity (Wildman–Crippen MR) is 62.9 cm³/mol. The standard InChI is InChI=1S/C14H17NO/c16-13-14(9-12(14)10-15-13)8-4-7-11-5-2-1-3-6-11/h1-3,5-6,12H,4,7-10H2,(H,15,16). The van der Waals surface area contributed by atoms with Crippen molar-refractivity contribution in [3.63, 3.8) is 0 Å². The van der Waals surface area contributed by atoms with E-state index in [4.69, 9.17) is 0 Å². The van der Waals surface area contributed by atoms with E-state index in [1.54, 1.807) is 0 Å². The molecule has 84 valence electrons. The van der Waals surface area contributed by atoms with Crippen molar-refractivity contribution < 1.29 is 4.79 Å². The Morgan fingerprint density at radius 3 is 2.75 bits per heavy atom. The zero-order valence-corrected chi connectivity index (χ0v) is 9.41. The van der Waals surface area contributed by atoms with Crippen LogP contribution in [-0.2, 0) is 11.2 Å². The van der Waals surface area contributed by atoms with E-state index in [-0.39, 0.29) is 5.41 Å². The van der Waals surface area contributed by atoms with Crippen LogP contribution in [-0.4, -0.2) is 12.5 Å². The monoisotopic (exact) mass is 215 g/mol. The summed E-state index contributed by atoms with van der Waals surface area (Å²) in [5.41, 5.74) is 1.43. The van der Waals surface area contributed by atoms with Crippen molar-refractivity contribution in [1.29, 1.82) is 0 Å². The second-order valence-corrected chi connectivity index (χ2v) is 5.11. The fourth-order valence-corrected chi connectivity index (χ4v) is 2.99. The van der Waals surface area contributed by atoms with Gasteiger partial charge in [-0.1, -0.05) is 30.3 Å². The van der Waals surface area contributed by atoms with Gasteiger partial charge < -0.3 is 5.32 Å². The zero-order chi connectivity index (χ0) is 11.0. The van der Waals surface area contributed by atoms with E-state index < -0.39 is 0 Å². The number of piperidine rings is 1. The lowest BCUT2D eigenvalue weighted by Crippen LogP contribution is -2.25. The Labute approximate surface area is 96.1 Å². The molecule has 0 bridgehead atoms. The third-order valence-electron chi connectivity index (χ3n) is 4.12. The second-order valence-electron chi connectivity index (χ2n) is 5.11. The van der Waals surface area contributed by atoms with Gasteiger partial charge in [0.05, 0.1) is 5.41 Å². The van der Waals surface area contributed by atoms with Crippen LogP contribution in [0.1, 0.15) is 24.8 Å². The van der Waals surface area contributed by atoms with E-state index in [1.165, 1.54) is 5.56 Å². The summed E-state index contributed by atoms with van der Waals surface area (Å²) in [6, 6.07) is 10.5. The molecule has 1 saturated carbocycles. The van der Waals surface area contributed by atoms with Gasteiger partial charge in [-0.05, 0) is 37.2 Å². The summed E-state index contributed by atoms with van der Waals surface area (Å²) < 4.78 is 0. The smallest absolute Gasteiger partial charge is 0.226 e. The summed E-state index contributed by atoms with van der Waals surface area (Å²) >= 11 is 0. The van der Waals surface area contributed by atoms with E-state index >= 15 is 0 Å². The van der Waals surface area contributed by atoms with E-state index in [9.17, 15) is 4.79 Å². The number of benzene rings is 1. The highest BCUT2D eigenvalue weighted by Gasteiger charge is 2.62. The van der Waals surface area contributed by atoms with Crippen molar-refractivity contribution in [2.24, 2.45) is 11.3 Å². The maximum Gasteiger partial charge on any atom is 0.226 e. The summed E-state index contributed by atoms with van der Waals surface area (Å²) in [5.74, 6) is 0.960. The number of amides is 1. The first-order valence-electron chi connectivity index (χ1n) is 6.13. The van der Waals surface area contributed by atoms with Crippen LogP contribution in [0.25, 0.3) is 0 Å². The summed E-state index contributed by atoms with van der Waals surface area (Å²) in [6.07, 6.45) is 4.43. The highest BCUT2D eigenvalue weighted by atomic mass is 16.2. The molecule has 2 nitrogen and oxygen atoms in total. The normalized spacial score (nSPS) is 31.0. The van der Waals surface area contributed by atoms with Crippen molar-refractivity contribution in [2.75, 3.05) is 6.54 Å². The molecule has 1 saturated heterocycles. The van der Waals surface area contributed by atoms with Gasteiger partial charge in [0.15, 0.2) is 0 Å². The highest BCUT2D eigenvalue weighted by molar-refractivity contribution is 5.88. The molecule has 2 atom stereocenters. The van der Waals surface area contributed by atoms with Gasteiger partial charge in [0, 0.05) is 6.54 Å². The predicted octanol–water partition coefficient (Wildman–Crippen LogP) is 2.15. The Bertz CT molecular complexity index is 400. The van der Waals surface area contributed by atoms with Gasteiger partial charge in [-0.2, -0.15) is 0 Å². The van der Waals surface area contributed by atoms with Crippen molar-refractivity contribution in [1.82, 2.24) is 5.32 Å². The van der Waals surface area contributed by atoms with Gasteiger partial charge in [0.2, 0.25) is 5.91 Å². The molecular weight excluding hydrogens is 198 g/mol. The third kappa shape index (κ3) is 1.53. The van der Waals surface area contributed by atoms with Crippen LogP contribution in [0.3, 0.4) is 0 Å². The molecule has 1 amide bonds. The minimum absolute atomic E-state index is 0.0504. The molecule has 1 aromatic rings. The molecular formula is C14H17NO. The molecule has 0 spiro atoms.